The molecule has 0 amide bonds. The van der Waals surface area contributed by atoms with Crippen LogP contribution in [0.25, 0.3) is 0 Å². The topological polar surface area (TPSA) is 102 Å². The van der Waals surface area contributed by atoms with Crippen LogP contribution in [0.5, 0.6) is 5.88 Å². The molecule has 1 aromatic heterocycles. The number of piperidine rings is 1. The molecule has 0 spiro atoms. The van der Waals surface area contributed by atoms with E-state index in [2.05, 4.69) is 20.0 Å². The molecule has 1 aliphatic heterocycles. The summed E-state index contributed by atoms with van der Waals surface area (Å²) in [6, 6.07) is -0.0841. The number of rotatable bonds is 8. The van der Waals surface area contributed by atoms with E-state index in [9.17, 15) is 8.42 Å². The Hall–Kier alpha value is -1.29. The van der Waals surface area contributed by atoms with E-state index < -0.39 is 10.0 Å². The molecule has 1 saturated carbocycles. The van der Waals surface area contributed by atoms with E-state index in [-0.39, 0.29) is 18.2 Å². The van der Waals surface area contributed by atoms with Gasteiger partial charge in [-0.1, -0.05) is 0 Å². The largest absolute Gasteiger partial charge is 0.477 e. The molecule has 8 nitrogen and oxygen atoms in total. The first-order valence-electron chi connectivity index (χ1n) is 10.2. The predicted molar refractivity (Wildman–Crippen MR) is 107 cm³/mol. The molecule has 3 rings (SSSR count). The number of aromatic nitrogens is 2. The fraction of sp³-hybridized carbons (Fsp3) is 0.789. The van der Waals surface area contributed by atoms with Crippen molar-refractivity contribution in [1.29, 1.82) is 0 Å². The first-order chi connectivity index (χ1) is 13.5. The van der Waals surface area contributed by atoms with Crippen LogP contribution in [0.3, 0.4) is 0 Å². The highest BCUT2D eigenvalue weighted by molar-refractivity contribution is 7.88. The van der Waals surface area contributed by atoms with Crippen molar-refractivity contribution in [1.82, 2.24) is 20.0 Å². The Labute approximate surface area is 167 Å². The summed E-state index contributed by atoms with van der Waals surface area (Å²) in [6.45, 7) is 3.96. The molecule has 0 aromatic carbocycles. The van der Waals surface area contributed by atoms with E-state index in [1.165, 1.54) is 6.26 Å². The predicted octanol–water partition coefficient (Wildman–Crippen LogP) is 1.59. The quantitative estimate of drug-likeness (QED) is 0.668. The van der Waals surface area contributed by atoms with Crippen LogP contribution in [0, 0.1) is 0 Å². The summed E-state index contributed by atoms with van der Waals surface area (Å²) in [6.07, 6.45) is 10.5. The molecule has 1 aromatic rings. The molecule has 28 heavy (non-hydrogen) atoms. The summed E-state index contributed by atoms with van der Waals surface area (Å²) in [5.74, 6) is 0.998. The normalized spacial score (nSPS) is 28.8. The van der Waals surface area contributed by atoms with Gasteiger partial charge in [0.2, 0.25) is 15.9 Å². The highest BCUT2D eigenvalue weighted by Crippen LogP contribution is 2.36. The van der Waals surface area contributed by atoms with Crippen molar-refractivity contribution in [3.05, 3.63) is 18.1 Å². The Bertz CT molecular complexity index is 722. The van der Waals surface area contributed by atoms with Crippen molar-refractivity contribution in [2.45, 2.75) is 69.6 Å². The second-order valence-electron chi connectivity index (χ2n) is 7.69. The van der Waals surface area contributed by atoms with Crippen molar-refractivity contribution < 1.29 is 17.9 Å². The number of hydrogen-bond acceptors (Lipinski definition) is 7. The first-order valence-corrected chi connectivity index (χ1v) is 12.1. The number of hydrogen-bond donors (Lipinski definition) is 2. The summed E-state index contributed by atoms with van der Waals surface area (Å²) >= 11 is 0. The maximum Gasteiger partial charge on any atom is 0.235 e. The van der Waals surface area contributed by atoms with Crippen molar-refractivity contribution in [2.75, 3.05) is 26.0 Å². The Morgan fingerprint density at radius 2 is 1.93 bits per heavy atom. The maximum absolute atomic E-state index is 11.6. The zero-order chi connectivity index (χ0) is 20.0. The lowest BCUT2D eigenvalue weighted by Crippen LogP contribution is -2.55. The SMILES string of the molecule is CCOc1nccnc1C1CCC(OC[C@@H]2NCCC[C@@H]2NS(C)(=O)=O)CC1. The third-order valence-corrected chi connectivity index (χ3v) is 6.23. The third kappa shape index (κ3) is 6.10. The minimum Gasteiger partial charge on any atom is -0.477 e. The molecule has 2 atom stereocenters. The molecule has 158 valence electrons. The number of ether oxygens (including phenoxy) is 2. The van der Waals surface area contributed by atoms with Crippen LogP contribution in [0.15, 0.2) is 12.4 Å². The van der Waals surface area contributed by atoms with E-state index >= 15 is 0 Å². The fourth-order valence-electron chi connectivity index (χ4n) is 4.15. The van der Waals surface area contributed by atoms with Gasteiger partial charge in [0.1, 0.15) is 5.69 Å². The second kappa shape index (κ2) is 9.96. The zero-order valence-corrected chi connectivity index (χ0v) is 17.6. The Kier molecular flexibility index (Phi) is 7.62. The van der Waals surface area contributed by atoms with E-state index in [0.717, 1.165) is 50.8 Å². The average molecular weight is 413 g/mol. The molecular weight excluding hydrogens is 380 g/mol. The molecule has 1 saturated heterocycles. The van der Waals surface area contributed by atoms with Crippen LogP contribution < -0.4 is 14.8 Å². The van der Waals surface area contributed by atoms with Gasteiger partial charge in [-0.3, -0.25) is 4.98 Å². The van der Waals surface area contributed by atoms with Gasteiger partial charge in [-0.25, -0.2) is 18.1 Å². The van der Waals surface area contributed by atoms with Gasteiger partial charge in [0.25, 0.3) is 0 Å². The first kappa shape index (κ1) is 21.4. The molecule has 2 fully saturated rings. The van der Waals surface area contributed by atoms with Gasteiger partial charge in [-0.15, -0.1) is 0 Å². The van der Waals surface area contributed by atoms with E-state index in [1.807, 2.05) is 6.92 Å². The summed E-state index contributed by atoms with van der Waals surface area (Å²) in [5.41, 5.74) is 0.953. The van der Waals surface area contributed by atoms with Crippen LogP contribution >= 0.6 is 0 Å². The second-order valence-corrected chi connectivity index (χ2v) is 9.47. The summed E-state index contributed by atoms with van der Waals surface area (Å²) in [4.78, 5) is 8.82. The van der Waals surface area contributed by atoms with Crippen molar-refractivity contribution >= 4 is 10.0 Å². The molecule has 2 aliphatic rings. The van der Waals surface area contributed by atoms with Gasteiger partial charge >= 0.3 is 0 Å². The van der Waals surface area contributed by atoms with E-state index in [0.29, 0.717) is 25.0 Å². The molecule has 2 N–H and O–H groups in total. The van der Waals surface area contributed by atoms with Gasteiger partial charge < -0.3 is 14.8 Å². The molecule has 2 heterocycles. The monoisotopic (exact) mass is 412 g/mol. The minimum absolute atomic E-state index is 0.0192. The maximum atomic E-state index is 11.6. The highest BCUT2D eigenvalue weighted by Gasteiger charge is 2.30. The van der Waals surface area contributed by atoms with Crippen LogP contribution in [0.1, 0.15) is 57.1 Å². The van der Waals surface area contributed by atoms with E-state index in [1.54, 1.807) is 12.4 Å². The van der Waals surface area contributed by atoms with Crippen LogP contribution in [-0.2, 0) is 14.8 Å². The van der Waals surface area contributed by atoms with Gasteiger partial charge in [0.15, 0.2) is 0 Å². The number of nitrogens with one attached hydrogen (secondary N) is 2. The molecule has 0 unspecified atom stereocenters. The molecule has 0 bridgehead atoms. The van der Waals surface area contributed by atoms with Gasteiger partial charge in [-0.2, -0.15) is 0 Å². The lowest BCUT2D eigenvalue weighted by Gasteiger charge is -2.35. The summed E-state index contributed by atoms with van der Waals surface area (Å²) in [7, 11) is -3.22. The van der Waals surface area contributed by atoms with Crippen molar-refractivity contribution in [3.63, 3.8) is 0 Å². The molecule has 1 aliphatic carbocycles. The Morgan fingerprint density at radius 1 is 1.18 bits per heavy atom. The number of nitrogens with zero attached hydrogens (tertiary/aromatic N) is 2. The standard InChI is InChI=1S/C19H32N4O4S/c1-3-26-19-18(21-11-12-22-19)14-6-8-15(9-7-14)27-13-17-16(5-4-10-20-17)23-28(2,24)25/h11-12,14-17,20,23H,3-10,13H2,1-2H3/t14?,15?,16-,17-/m0/s1. The van der Waals surface area contributed by atoms with E-state index in [4.69, 9.17) is 9.47 Å². The molecular formula is C19H32N4O4S. The van der Waals surface area contributed by atoms with Crippen LogP contribution in [-0.4, -0.2) is 62.6 Å². The van der Waals surface area contributed by atoms with Crippen LogP contribution in [0.4, 0.5) is 0 Å². The lowest BCUT2D eigenvalue weighted by molar-refractivity contribution is 0.00486. The smallest absolute Gasteiger partial charge is 0.235 e. The highest BCUT2D eigenvalue weighted by atomic mass is 32.2. The fourth-order valence-corrected chi connectivity index (χ4v) is 4.98. The summed E-state index contributed by atoms with van der Waals surface area (Å²) in [5, 5.41) is 3.40. The summed E-state index contributed by atoms with van der Waals surface area (Å²) < 4.78 is 37.7. The number of sulfonamides is 1. The van der Waals surface area contributed by atoms with Crippen molar-refractivity contribution in [3.8, 4) is 5.88 Å². The minimum atomic E-state index is -3.22. The molecule has 0 radical (unpaired) electrons. The molecule has 9 heteroatoms. The van der Waals surface area contributed by atoms with Crippen LogP contribution in [0.2, 0.25) is 0 Å². The third-order valence-electron chi connectivity index (χ3n) is 5.49. The Balaban J connectivity index is 1.49. The lowest BCUT2D eigenvalue weighted by atomic mass is 9.85. The zero-order valence-electron chi connectivity index (χ0n) is 16.8. The van der Waals surface area contributed by atoms with Gasteiger partial charge in [-0.05, 0) is 52.0 Å². The van der Waals surface area contributed by atoms with Gasteiger partial charge in [0, 0.05) is 30.4 Å². The Morgan fingerprint density at radius 3 is 2.64 bits per heavy atom. The van der Waals surface area contributed by atoms with Gasteiger partial charge in [0.05, 0.1) is 25.6 Å². The van der Waals surface area contributed by atoms with Crippen molar-refractivity contribution in [2.24, 2.45) is 0 Å². The average Bonchev–Trinajstić information content (AvgIpc) is 2.67.